The van der Waals surface area contributed by atoms with E-state index in [4.69, 9.17) is 4.74 Å². The number of ketones is 2. The van der Waals surface area contributed by atoms with Crippen molar-refractivity contribution in [2.75, 3.05) is 0 Å². The normalized spacial score (nSPS) is 11.7. The molecule has 0 aromatic heterocycles. The van der Waals surface area contributed by atoms with Gasteiger partial charge >= 0.3 is 0 Å². The molecule has 188 valence electrons. The zero-order valence-electron chi connectivity index (χ0n) is 21.2. The highest BCUT2D eigenvalue weighted by atomic mass is 32.2. The third-order valence-electron chi connectivity index (χ3n) is 6.33. The van der Waals surface area contributed by atoms with E-state index < -0.39 is 20.4 Å². The van der Waals surface area contributed by atoms with Gasteiger partial charge in [-0.05, 0) is 88.4 Å². The second-order valence-electron chi connectivity index (χ2n) is 9.50. The van der Waals surface area contributed by atoms with E-state index in [1.165, 1.54) is 26.0 Å². The number of Topliss-reactive ketones (excluding diaryl/α,β-unsaturated/α-hetero) is 1. The maximum Gasteiger partial charge on any atom is 0.193 e. The van der Waals surface area contributed by atoms with Gasteiger partial charge in [0.1, 0.15) is 16.2 Å². The Morgan fingerprint density at radius 2 is 0.973 bits per heavy atom. The molecular formula is C31H28O5S. The van der Waals surface area contributed by atoms with E-state index in [0.29, 0.717) is 22.6 Å². The summed E-state index contributed by atoms with van der Waals surface area (Å²) < 4.78 is 30.6. The summed E-state index contributed by atoms with van der Waals surface area (Å²) in [6.45, 7) is 6.69. The SMILES string of the molecule is Cc1ccc(C(=O)c2ccc(Oc3ccc(C(=O)C(C)(C)S(=O)(=O)c4ccc(C)cc4)cc3)cc2)cc1. The maximum absolute atomic E-state index is 13.2. The van der Waals surface area contributed by atoms with E-state index in [1.54, 1.807) is 72.8 Å². The molecule has 4 aromatic rings. The fourth-order valence-electron chi connectivity index (χ4n) is 3.84. The lowest BCUT2D eigenvalue weighted by atomic mass is 10.0. The van der Waals surface area contributed by atoms with E-state index >= 15 is 0 Å². The van der Waals surface area contributed by atoms with Crippen LogP contribution >= 0.6 is 0 Å². The van der Waals surface area contributed by atoms with Gasteiger partial charge in [0.15, 0.2) is 21.4 Å². The van der Waals surface area contributed by atoms with Crippen LogP contribution in [0.2, 0.25) is 0 Å². The molecule has 4 rings (SSSR count). The summed E-state index contributed by atoms with van der Waals surface area (Å²) in [5.74, 6) is 0.436. The van der Waals surface area contributed by atoms with Crippen LogP contribution in [0, 0.1) is 13.8 Å². The van der Waals surface area contributed by atoms with Crippen molar-refractivity contribution < 1.29 is 22.7 Å². The first kappa shape index (κ1) is 26.0. The molecule has 6 heteroatoms. The fourth-order valence-corrected chi connectivity index (χ4v) is 5.28. The van der Waals surface area contributed by atoms with Crippen molar-refractivity contribution in [1.29, 1.82) is 0 Å². The van der Waals surface area contributed by atoms with E-state index in [1.807, 2.05) is 26.0 Å². The summed E-state index contributed by atoms with van der Waals surface area (Å²) in [6.07, 6.45) is 0. The zero-order chi connectivity index (χ0) is 26.8. The molecule has 0 spiro atoms. The molecule has 0 unspecified atom stereocenters. The number of carbonyl (C=O) groups is 2. The van der Waals surface area contributed by atoms with E-state index in [0.717, 1.165) is 11.1 Å². The highest BCUT2D eigenvalue weighted by molar-refractivity contribution is 7.93. The molecule has 5 nitrogen and oxygen atoms in total. The van der Waals surface area contributed by atoms with Crippen LogP contribution in [-0.2, 0) is 9.84 Å². The minimum absolute atomic E-state index is 0.0716. The average molecular weight is 513 g/mol. The van der Waals surface area contributed by atoms with Gasteiger partial charge in [-0.15, -0.1) is 0 Å². The van der Waals surface area contributed by atoms with E-state index in [2.05, 4.69) is 0 Å². The molecule has 0 N–H and O–H groups in total. The first-order valence-corrected chi connectivity index (χ1v) is 13.3. The van der Waals surface area contributed by atoms with Crippen LogP contribution in [0.15, 0.2) is 102 Å². The lowest BCUT2D eigenvalue weighted by Crippen LogP contribution is -2.40. The lowest BCUT2D eigenvalue weighted by molar-refractivity contribution is 0.0953. The van der Waals surface area contributed by atoms with Crippen molar-refractivity contribution in [3.8, 4) is 11.5 Å². The Morgan fingerprint density at radius 3 is 1.43 bits per heavy atom. The zero-order valence-corrected chi connectivity index (χ0v) is 22.0. The summed E-state index contributed by atoms with van der Waals surface area (Å²) in [6, 6.07) is 27.0. The molecule has 0 bridgehead atoms. The minimum Gasteiger partial charge on any atom is -0.457 e. The summed E-state index contributed by atoms with van der Waals surface area (Å²) in [5, 5.41) is 0. The van der Waals surface area contributed by atoms with Gasteiger partial charge in [-0.2, -0.15) is 0 Å². The predicted molar refractivity (Wildman–Crippen MR) is 144 cm³/mol. The van der Waals surface area contributed by atoms with Crippen molar-refractivity contribution >= 4 is 21.4 Å². The second-order valence-corrected chi connectivity index (χ2v) is 12.0. The van der Waals surface area contributed by atoms with Crippen molar-refractivity contribution in [2.45, 2.75) is 37.3 Å². The van der Waals surface area contributed by atoms with Crippen molar-refractivity contribution in [2.24, 2.45) is 0 Å². The molecule has 0 fully saturated rings. The summed E-state index contributed by atoms with van der Waals surface area (Å²) in [7, 11) is -3.90. The Labute approximate surface area is 217 Å². The topological polar surface area (TPSA) is 77.5 Å². The molecule has 4 aromatic carbocycles. The monoisotopic (exact) mass is 512 g/mol. The Hall–Kier alpha value is -4.03. The predicted octanol–water partition coefficient (Wildman–Crippen LogP) is 6.76. The number of hydrogen-bond donors (Lipinski definition) is 0. The second kappa shape index (κ2) is 10.1. The highest BCUT2D eigenvalue weighted by Gasteiger charge is 2.43. The van der Waals surface area contributed by atoms with Crippen molar-refractivity contribution in [3.63, 3.8) is 0 Å². The van der Waals surface area contributed by atoms with Gasteiger partial charge < -0.3 is 4.74 Å². The molecule has 0 aliphatic carbocycles. The van der Waals surface area contributed by atoms with Crippen LogP contribution < -0.4 is 4.74 Å². The standard InChI is InChI=1S/C31H28O5S/c1-21-5-9-23(10-6-21)29(32)24-11-15-26(16-12-24)36-27-17-13-25(14-18-27)30(33)31(3,4)37(34,35)28-19-7-22(2)8-20-28/h5-20H,1-4H3. The quantitative estimate of drug-likeness (QED) is 0.244. The fraction of sp³-hybridized carbons (Fsp3) is 0.161. The van der Waals surface area contributed by atoms with Gasteiger partial charge in [-0.1, -0.05) is 47.5 Å². The number of sulfone groups is 1. The van der Waals surface area contributed by atoms with Gasteiger partial charge in [0.25, 0.3) is 0 Å². The Morgan fingerprint density at radius 1 is 0.595 bits per heavy atom. The molecule has 0 saturated heterocycles. The molecule has 0 aliphatic rings. The molecule has 0 heterocycles. The molecule has 0 aliphatic heterocycles. The number of ether oxygens (including phenoxy) is 1. The Bertz CT molecular complexity index is 1530. The highest BCUT2D eigenvalue weighted by Crippen LogP contribution is 2.30. The van der Waals surface area contributed by atoms with E-state index in [9.17, 15) is 18.0 Å². The van der Waals surface area contributed by atoms with Gasteiger partial charge in [0.05, 0.1) is 4.90 Å². The summed E-state index contributed by atoms with van der Waals surface area (Å²) in [4.78, 5) is 26.0. The molecular weight excluding hydrogens is 484 g/mol. The van der Waals surface area contributed by atoms with Crippen LogP contribution in [-0.4, -0.2) is 24.7 Å². The smallest absolute Gasteiger partial charge is 0.193 e. The molecule has 0 atom stereocenters. The van der Waals surface area contributed by atoms with Crippen LogP contribution in [0.4, 0.5) is 0 Å². The number of aryl methyl sites for hydroxylation is 2. The van der Waals surface area contributed by atoms with Gasteiger partial charge in [-0.25, -0.2) is 8.42 Å². The van der Waals surface area contributed by atoms with Crippen LogP contribution in [0.1, 0.15) is 51.3 Å². The van der Waals surface area contributed by atoms with Crippen LogP contribution in [0.25, 0.3) is 0 Å². The van der Waals surface area contributed by atoms with Crippen molar-refractivity contribution in [1.82, 2.24) is 0 Å². The summed E-state index contributed by atoms with van der Waals surface area (Å²) >= 11 is 0. The minimum atomic E-state index is -3.90. The van der Waals surface area contributed by atoms with Crippen LogP contribution in [0.5, 0.6) is 11.5 Å². The Balaban J connectivity index is 1.46. The number of hydrogen-bond acceptors (Lipinski definition) is 5. The number of carbonyl (C=O) groups excluding carboxylic acids is 2. The molecule has 37 heavy (non-hydrogen) atoms. The van der Waals surface area contributed by atoms with E-state index in [-0.39, 0.29) is 16.2 Å². The maximum atomic E-state index is 13.2. The van der Waals surface area contributed by atoms with Gasteiger partial charge in [0, 0.05) is 16.7 Å². The van der Waals surface area contributed by atoms with Crippen LogP contribution in [0.3, 0.4) is 0 Å². The molecule has 0 saturated carbocycles. The first-order chi connectivity index (χ1) is 17.5. The molecule has 0 radical (unpaired) electrons. The molecule has 0 amide bonds. The average Bonchev–Trinajstić information content (AvgIpc) is 2.89. The number of rotatable bonds is 8. The largest absolute Gasteiger partial charge is 0.457 e. The number of benzene rings is 4. The third kappa shape index (κ3) is 5.39. The Kier molecular flexibility index (Phi) is 7.14. The first-order valence-electron chi connectivity index (χ1n) is 11.8. The van der Waals surface area contributed by atoms with Crippen molar-refractivity contribution in [3.05, 3.63) is 125 Å². The van der Waals surface area contributed by atoms with Gasteiger partial charge in [0.2, 0.25) is 0 Å². The summed E-state index contributed by atoms with van der Waals surface area (Å²) in [5.41, 5.74) is 3.46. The lowest BCUT2D eigenvalue weighted by Gasteiger charge is -2.23. The van der Waals surface area contributed by atoms with Gasteiger partial charge in [-0.3, -0.25) is 9.59 Å². The third-order valence-corrected chi connectivity index (χ3v) is 8.75.